The topological polar surface area (TPSA) is 26.1 Å². The molecule has 0 spiro atoms. The minimum atomic E-state index is 0.574. The fourth-order valence-electron chi connectivity index (χ4n) is 4.71. The molecule has 0 radical (unpaired) electrons. The lowest BCUT2D eigenvalue weighted by Gasteiger charge is -2.10. The number of likely N-dealkylation sites (N-methyl/N-ethyl adjacent to an activating group) is 1. The van der Waals surface area contributed by atoms with Gasteiger partial charge in [0.15, 0.2) is 0 Å². The van der Waals surface area contributed by atoms with Crippen LogP contribution in [0.5, 0.6) is 5.75 Å². The van der Waals surface area contributed by atoms with Crippen LogP contribution in [-0.4, -0.2) is 36.5 Å². The molecule has 0 N–H and O–H groups in total. The van der Waals surface area contributed by atoms with Gasteiger partial charge in [-0.3, -0.25) is 0 Å². The molecule has 3 aromatic heterocycles. The van der Waals surface area contributed by atoms with Crippen molar-refractivity contribution in [1.29, 1.82) is 0 Å². The number of aryl methyl sites for hydroxylation is 1. The van der Waals surface area contributed by atoms with E-state index in [0.29, 0.717) is 13.2 Å². The standard InChI is InChI=1S/C30H32N2O2/c1-4-26-28-12-8-11-27-24(21-33-18-17-31(2)3)19-29(32(27)28)30(26)23-13-15-25(16-14-23)34-20-22-9-6-5-7-10-22/h5-16,19H,4,17-18,20-21H2,1-3H3. The van der Waals surface area contributed by atoms with Crippen molar-refractivity contribution in [2.45, 2.75) is 26.6 Å². The lowest BCUT2D eigenvalue weighted by atomic mass is 9.99. The molecule has 5 aromatic rings. The Bertz CT molecular complexity index is 1350. The van der Waals surface area contributed by atoms with Crippen molar-refractivity contribution < 1.29 is 9.47 Å². The van der Waals surface area contributed by atoms with Crippen molar-refractivity contribution in [2.24, 2.45) is 0 Å². The maximum atomic E-state index is 6.02. The quantitative estimate of drug-likeness (QED) is 0.229. The molecule has 2 aromatic carbocycles. The van der Waals surface area contributed by atoms with E-state index in [1.807, 2.05) is 18.2 Å². The summed E-state index contributed by atoms with van der Waals surface area (Å²) in [7, 11) is 4.14. The van der Waals surface area contributed by atoms with E-state index in [-0.39, 0.29) is 0 Å². The Kier molecular flexibility index (Phi) is 6.52. The molecule has 0 fully saturated rings. The summed E-state index contributed by atoms with van der Waals surface area (Å²) < 4.78 is 14.4. The Balaban J connectivity index is 1.45. The molecule has 0 saturated carbocycles. The van der Waals surface area contributed by atoms with Crippen molar-refractivity contribution in [2.75, 3.05) is 27.2 Å². The van der Waals surface area contributed by atoms with Gasteiger partial charge in [-0.2, -0.15) is 0 Å². The van der Waals surface area contributed by atoms with E-state index in [4.69, 9.17) is 9.47 Å². The summed E-state index contributed by atoms with van der Waals surface area (Å²) in [6.45, 7) is 5.09. The predicted molar refractivity (Wildman–Crippen MR) is 140 cm³/mol. The Hall–Kier alpha value is -3.34. The second-order valence-corrected chi connectivity index (χ2v) is 9.05. The molecule has 34 heavy (non-hydrogen) atoms. The lowest BCUT2D eigenvalue weighted by Crippen LogP contribution is -2.17. The van der Waals surface area contributed by atoms with E-state index in [1.54, 1.807) is 0 Å². The first-order valence-corrected chi connectivity index (χ1v) is 12.0. The van der Waals surface area contributed by atoms with Gasteiger partial charge < -0.3 is 18.8 Å². The third-order valence-corrected chi connectivity index (χ3v) is 6.42. The Morgan fingerprint density at radius 2 is 1.56 bits per heavy atom. The summed E-state index contributed by atoms with van der Waals surface area (Å²) in [5.41, 5.74) is 10.1. The van der Waals surface area contributed by atoms with E-state index >= 15 is 0 Å². The predicted octanol–water partition coefficient (Wildman–Crippen LogP) is 6.42. The first-order chi connectivity index (χ1) is 16.7. The number of hydrogen-bond acceptors (Lipinski definition) is 3. The highest BCUT2D eigenvalue weighted by molar-refractivity contribution is 5.96. The molecule has 0 aliphatic heterocycles. The molecule has 0 amide bonds. The number of nitrogens with zero attached hydrogens (tertiary/aromatic N) is 2. The number of benzene rings is 2. The molecule has 3 heterocycles. The molecule has 0 aliphatic rings. The largest absolute Gasteiger partial charge is 0.489 e. The van der Waals surface area contributed by atoms with Gasteiger partial charge in [0.25, 0.3) is 0 Å². The molecule has 174 valence electrons. The van der Waals surface area contributed by atoms with Crippen molar-refractivity contribution in [1.82, 2.24) is 9.30 Å². The Labute approximate surface area is 201 Å². The summed E-state index contributed by atoms with van der Waals surface area (Å²) in [4.78, 5) is 2.14. The van der Waals surface area contributed by atoms with E-state index in [9.17, 15) is 0 Å². The highest BCUT2D eigenvalue weighted by Gasteiger charge is 2.20. The summed E-state index contributed by atoms with van der Waals surface area (Å²) >= 11 is 0. The van der Waals surface area contributed by atoms with Crippen LogP contribution < -0.4 is 4.74 Å². The Morgan fingerprint density at radius 3 is 2.29 bits per heavy atom. The van der Waals surface area contributed by atoms with Crippen molar-refractivity contribution in [3.8, 4) is 16.9 Å². The highest BCUT2D eigenvalue weighted by Crippen LogP contribution is 2.39. The average molecular weight is 453 g/mol. The molecule has 0 atom stereocenters. The fourth-order valence-corrected chi connectivity index (χ4v) is 4.71. The van der Waals surface area contributed by atoms with Gasteiger partial charge in [-0.05, 0) is 67.5 Å². The third kappa shape index (κ3) is 4.39. The van der Waals surface area contributed by atoms with Crippen LogP contribution in [0.3, 0.4) is 0 Å². The first kappa shape index (κ1) is 22.5. The van der Waals surface area contributed by atoms with E-state index in [0.717, 1.165) is 25.3 Å². The molecule has 4 heteroatoms. The van der Waals surface area contributed by atoms with Crippen LogP contribution in [0.25, 0.3) is 27.7 Å². The molecule has 4 nitrogen and oxygen atoms in total. The number of aromatic nitrogens is 1. The van der Waals surface area contributed by atoms with Crippen LogP contribution >= 0.6 is 0 Å². The van der Waals surface area contributed by atoms with Gasteiger partial charge in [-0.15, -0.1) is 0 Å². The lowest BCUT2D eigenvalue weighted by molar-refractivity contribution is 0.106. The van der Waals surface area contributed by atoms with Crippen molar-refractivity contribution in [3.63, 3.8) is 0 Å². The van der Waals surface area contributed by atoms with E-state index in [1.165, 1.54) is 44.4 Å². The summed E-state index contributed by atoms with van der Waals surface area (Å²) in [5, 5.41) is 0. The van der Waals surface area contributed by atoms with Crippen LogP contribution in [0.4, 0.5) is 0 Å². The smallest absolute Gasteiger partial charge is 0.119 e. The zero-order valence-corrected chi connectivity index (χ0v) is 20.3. The van der Waals surface area contributed by atoms with Crippen LogP contribution in [0.1, 0.15) is 23.6 Å². The van der Waals surface area contributed by atoms with E-state index in [2.05, 4.69) is 91.0 Å². The second-order valence-electron chi connectivity index (χ2n) is 9.05. The van der Waals surface area contributed by atoms with Crippen LogP contribution in [0, 0.1) is 0 Å². The van der Waals surface area contributed by atoms with Gasteiger partial charge in [-0.1, -0.05) is 55.5 Å². The third-order valence-electron chi connectivity index (χ3n) is 6.42. The molecule has 0 aliphatic carbocycles. The zero-order valence-electron chi connectivity index (χ0n) is 20.3. The second kappa shape index (κ2) is 9.88. The minimum Gasteiger partial charge on any atom is -0.489 e. The maximum absolute atomic E-state index is 6.02. The van der Waals surface area contributed by atoms with Crippen LogP contribution in [-0.2, 0) is 24.4 Å². The van der Waals surface area contributed by atoms with Crippen LogP contribution in [0.2, 0.25) is 0 Å². The number of pyridine rings is 1. The Morgan fingerprint density at radius 1 is 0.794 bits per heavy atom. The molecular weight excluding hydrogens is 420 g/mol. The highest BCUT2D eigenvalue weighted by atomic mass is 16.5. The van der Waals surface area contributed by atoms with Gasteiger partial charge in [0, 0.05) is 17.7 Å². The normalized spacial score (nSPS) is 11.8. The van der Waals surface area contributed by atoms with Gasteiger partial charge >= 0.3 is 0 Å². The number of hydrogen-bond donors (Lipinski definition) is 0. The summed E-state index contributed by atoms with van der Waals surface area (Å²) in [5.74, 6) is 0.886. The van der Waals surface area contributed by atoms with E-state index < -0.39 is 0 Å². The van der Waals surface area contributed by atoms with Gasteiger partial charge in [0.2, 0.25) is 0 Å². The zero-order chi connectivity index (χ0) is 23.5. The molecule has 0 bridgehead atoms. The van der Waals surface area contributed by atoms with Gasteiger partial charge in [0.05, 0.1) is 29.8 Å². The van der Waals surface area contributed by atoms with Crippen molar-refractivity contribution >= 4 is 16.6 Å². The molecule has 0 unspecified atom stereocenters. The fraction of sp³-hybridized carbons (Fsp3) is 0.267. The maximum Gasteiger partial charge on any atom is 0.119 e. The monoisotopic (exact) mass is 452 g/mol. The van der Waals surface area contributed by atoms with Crippen molar-refractivity contribution in [3.05, 3.63) is 95.6 Å². The summed E-state index contributed by atoms with van der Waals surface area (Å²) in [6, 6.07) is 27.7. The molecule has 5 rings (SSSR count). The molecule has 0 saturated heterocycles. The number of ether oxygens (including phenoxy) is 2. The summed E-state index contributed by atoms with van der Waals surface area (Å²) in [6.07, 6.45) is 0.983. The van der Waals surface area contributed by atoms with Crippen LogP contribution in [0.15, 0.2) is 78.9 Å². The first-order valence-electron chi connectivity index (χ1n) is 12.0. The number of rotatable bonds is 10. The molecular formula is C30H32N2O2. The SMILES string of the molecule is CCc1c(-c2ccc(OCc3ccccc3)cc2)c2cc(COCCN(C)C)c3cccc1n32. The van der Waals surface area contributed by atoms with Gasteiger partial charge in [-0.25, -0.2) is 0 Å². The minimum absolute atomic E-state index is 0.574. The van der Waals surface area contributed by atoms with Gasteiger partial charge in [0.1, 0.15) is 12.4 Å². The average Bonchev–Trinajstić information content (AvgIpc) is 3.39.